The summed E-state index contributed by atoms with van der Waals surface area (Å²) in [6, 6.07) is 7.66. The fraction of sp³-hybridized carbons (Fsp3) is 0.455. The molecule has 14 heavy (non-hydrogen) atoms. The lowest BCUT2D eigenvalue weighted by Gasteiger charge is -2.08. The maximum Gasteiger partial charge on any atom is 0.102 e. The van der Waals surface area contributed by atoms with E-state index >= 15 is 0 Å². The lowest BCUT2D eigenvalue weighted by atomic mass is 10.1. The monoisotopic (exact) mass is 195 g/mol. The number of aliphatic hydroxyl groups excluding tert-OH is 2. The van der Waals surface area contributed by atoms with Crippen molar-refractivity contribution < 1.29 is 10.2 Å². The van der Waals surface area contributed by atoms with Gasteiger partial charge in [0.25, 0.3) is 0 Å². The highest BCUT2D eigenvalue weighted by atomic mass is 16.3. The number of nitrogens with one attached hydrogen (secondary N) is 1. The molecule has 0 heterocycles. The summed E-state index contributed by atoms with van der Waals surface area (Å²) in [6.45, 7) is 0.720. The van der Waals surface area contributed by atoms with E-state index in [2.05, 4.69) is 5.32 Å². The molecule has 1 unspecified atom stereocenters. The van der Waals surface area contributed by atoms with Gasteiger partial charge in [0.2, 0.25) is 0 Å². The highest BCUT2D eigenvalue weighted by Crippen LogP contribution is 2.13. The Morgan fingerprint density at radius 2 is 1.93 bits per heavy atom. The number of hydrogen-bond acceptors (Lipinski definition) is 3. The van der Waals surface area contributed by atoms with E-state index in [9.17, 15) is 5.11 Å². The molecule has 0 saturated carbocycles. The molecule has 0 aromatic heterocycles. The summed E-state index contributed by atoms with van der Waals surface area (Å²) in [5, 5.41) is 21.1. The molecule has 3 heteroatoms. The Morgan fingerprint density at radius 1 is 1.29 bits per heavy atom. The highest BCUT2D eigenvalue weighted by Gasteiger charge is 2.04. The third kappa shape index (κ3) is 3.10. The average Bonchev–Trinajstić information content (AvgIpc) is 2.26. The van der Waals surface area contributed by atoms with Crippen molar-refractivity contribution in [2.45, 2.75) is 12.5 Å². The first-order valence-electron chi connectivity index (χ1n) is 4.80. The fourth-order valence-electron chi connectivity index (χ4n) is 1.28. The standard InChI is InChI=1S/C11H17NO2/c1-12-7-6-9-2-4-10(5-3-9)11(14)8-13/h2-5,11-14H,6-8H2,1H3. The van der Waals surface area contributed by atoms with Gasteiger partial charge in [-0.25, -0.2) is 0 Å². The predicted molar refractivity (Wildman–Crippen MR) is 56.1 cm³/mol. The minimum atomic E-state index is -0.756. The van der Waals surface area contributed by atoms with Gasteiger partial charge in [-0.3, -0.25) is 0 Å². The summed E-state index contributed by atoms with van der Waals surface area (Å²) in [7, 11) is 1.92. The van der Waals surface area contributed by atoms with Gasteiger partial charge in [0.15, 0.2) is 0 Å². The van der Waals surface area contributed by atoms with Crippen LogP contribution in [0, 0.1) is 0 Å². The molecule has 1 aromatic rings. The molecule has 0 amide bonds. The summed E-state index contributed by atoms with van der Waals surface area (Å²) in [5.41, 5.74) is 1.99. The second kappa shape index (κ2) is 5.75. The molecule has 0 fully saturated rings. The van der Waals surface area contributed by atoms with Crippen molar-refractivity contribution in [2.75, 3.05) is 20.2 Å². The molecule has 3 nitrogen and oxygen atoms in total. The third-order valence-corrected chi connectivity index (χ3v) is 2.20. The van der Waals surface area contributed by atoms with E-state index in [1.54, 1.807) is 0 Å². The van der Waals surface area contributed by atoms with Gasteiger partial charge in [0, 0.05) is 0 Å². The minimum Gasteiger partial charge on any atom is -0.393 e. The van der Waals surface area contributed by atoms with Gasteiger partial charge >= 0.3 is 0 Å². The Kier molecular flexibility index (Phi) is 4.59. The van der Waals surface area contributed by atoms with Gasteiger partial charge < -0.3 is 15.5 Å². The normalized spacial score (nSPS) is 12.8. The van der Waals surface area contributed by atoms with Gasteiger partial charge in [-0.2, -0.15) is 0 Å². The summed E-state index contributed by atoms with van der Waals surface area (Å²) in [5.74, 6) is 0. The second-order valence-electron chi connectivity index (χ2n) is 3.29. The van der Waals surface area contributed by atoms with Crippen molar-refractivity contribution in [3.05, 3.63) is 35.4 Å². The summed E-state index contributed by atoms with van der Waals surface area (Å²) < 4.78 is 0. The highest BCUT2D eigenvalue weighted by molar-refractivity contribution is 5.24. The Morgan fingerprint density at radius 3 is 2.43 bits per heavy atom. The van der Waals surface area contributed by atoms with Crippen LogP contribution in [-0.4, -0.2) is 30.4 Å². The van der Waals surface area contributed by atoms with E-state index in [0.717, 1.165) is 18.5 Å². The van der Waals surface area contributed by atoms with Crippen molar-refractivity contribution in [3.8, 4) is 0 Å². The first kappa shape index (κ1) is 11.2. The smallest absolute Gasteiger partial charge is 0.102 e. The predicted octanol–water partition coefficient (Wildman–Crippen LogP) is 0.474. The van der Waals surface area contributed by atoms with Crippen LogP contribution in [0.15, 0.2) is 24.3 Å². The zero-order chi connectivity index (χ0) is 10.4. The molecule has 0 aliphatic heterocycles. The number of rotatable bonds is 5. The van der Waals surface area contributed by atoms with Crippen molar-refractivity contribution in [1.29, 1.82) is 0 Å². The second-order valence-corrected chi connectivity index (χ2v) is 3.29. The largest absolute Gasteiger partial charge is 0.393 e. The summed E-state index contributed by atoms with van der Waals surface area (Å²) in [4.78, 5) is 0. The van der Waals surface area contributed by atoms with Crippen molar-refractivity contribution in [1.82, 2.24) is 5.32 Å². The molecular weight excluding hydrogens is 178 g/mol. The van der Waals surface area contributed by atoms with Crippen LogP contribution in [0.25, 0.3) is 0 Å². The number of hydrogen-bond donors (Lipinski definition) is 3. The maximum atomic E-state index is 9.33. The van der Waals surface area contributed by atoms with Gasteiger partial charge in [-0.1, -0.05) is 24.3 Å². The number of aliphatic hydroxyl groups is 2. The van der Waals surface area contributed by atoms with Crippen LogP contribution >= 0.6 is 0 Å². The average molecular weight is 195 g/mol. The molecule has 0 radical (unpaired) electrons. The Hall–Kier alpha value is -0.900. The van der Waals surface area contributed by atoms with Gasteiger partial charge in [0.05, 0.1) is 6.61 Å². The summed E-state index contributed by atoms with van der Waals surface area (Å²) in [6.07, 6.45) is 0.222. The zero-order valence-corrected chi connectivity index (χ0v) is 8.40. The Bertz CT molecular complexity index is 258. The van der Waals surface area contributed by atoms with Crippen LogP contribution in [0.5, 0.6) is 0 Å². The number of benzene rings is 1. The van der Waals surface area contributed by atoms with E-state index in [-0.39, 0.29) is 6.61 Å². The molecule has 0 saturated heterocycles. The molecule has 0 aliphatic rings. The SMILES string of the molecule is CNCCc1ccc(C(O)CO)cc1. The van der Waals surface area contributed by atoms with Crippen molar-refractivity contribution in [3.63, 3.8) is 0 Å². The van der Waals surface area contributed by atoms with Crippen LogP contribution in [0.3, 0.4) is 0 Å². The summed E-state index contributed by atoms with van der Waals surface area (Å²) >= 11 is 0. The Balaban J connectivity index is 2.59. The molecular formula is C11H17NO2. The van der Waals surface area contributed by atoms with Gasteiger partial charge in [-0.15, -0.1) is 0 Å². The molecule has 1 atom stereocenters. The van der Waals surface area contributed by atoms with E-state index in [4.69, 9.17) is 5.11 Å². The van der Waals surface area contributed by atoms with Crippen LogP contribution in [0.1, 0.15) is 17.2 Å². The third-order valence-electron chi connectivity index (χ3n) is 2.20. The molecule has 0 spiro atoms. The lowest BCUT2D eigenvalue weighted by Crippen LogP contribution is -2.10. The van der Waals surface area contributed by atoms with Crippen LogP contribution in [-0.2, 0) is 6.42 Å². The van der Waals surface area contributed by atoms with E-state index < -0.39 is 6.10 Å². The zero-order valence-electron chi connectivity index (χ0n) is 8.40. The first-order chi connectivity index (χ1) is 6.77. The van der Waals surface area contributed by atoms with Crippen LogP contribution in [0.4, 0.5) is 0 Å². The van der Waals surface area contributed by atoms with Crippen LogP contribution < -0.4 is 5.32 Å². The molecule has 78 valence electrons. The quantitative estimate of drug-likeness (QED) is 0.640. The molecule has 3 N–H and O–H groups in total. The maximum absolute atomic E-state index is 9.33. The lowest BCUT2D eigenvalue weighted by molar-refractivity contribution is 0.0956. The van der Waals surface area contributed by atoms with E-state index in [0.29, 0.717) is 0 Å². The molecule has 1 aromatic carbocycles. The van der Waals surface area contributed by atoms with Gasteiger partial charge in [0.1, 0.15) is 6.10 Å². The minimum absolute atomic E-state index is 0.226. The Labute approximate surface area is 84.4 Å². The van der Waals surface area contributed by atoms with E-state index in [1.807, 2.05) is 31.3 Å². The molecule has 0 aliphatic carbocycles. The van der Waals surface area contributed by atoms with E-state index in [1.165, 1.54) is 5.56 Å². The van der Waals surface area contributed by atoms with Gasteiger partial charge in [-0.05, 0) is 31.1 Å². The van der Waals surface area contributed by atoms with Crippen LogP contribution in [0.2, 0.25) is 0 Å². The first-order valence-corrected chi connectivity index (χ1v) is 4.80. The fourth-order valence-corrected chi connectivity index (χ4v) is 1.28. The van der Waals surface area contributed by atoms with Crippen molar-refractivity contribution >= 4 is 0 Å². The topological polar surface area (TPSA) is 52.5 Å². The number of likely N-dealkylation sites (N-methyl/N-ethyl adjacent to an activating group) is 1. The molecule has 1 rings (SSSR count). The molecule has 0 bridgehead atoms. The van der Waals surface area contributed by atoms with Crippen molar-refractivity contribution in [2.24, 2.45) is 0 Å².